The lowest BCUT2D eigenvalue weighted by atomic mass is 10.1. The van der Waals surface area contributed by atoms with Gasteiger partial charge in [0.05, 0.1) is 5.69 Å². The summed E-state index contributed by atoms with van der Waals surface area (Å²) < 4.78 is 0. The van der Waals surface area contributed by atoms with Gasteiger partial charge in [-0.15, -0.1) is 5.11 Å². The standard InChI is InChI=1S/C18H18N4/c1-2-8-14(9-3-1)17-18(20-21-22-12-6-7-13-22)15-10-4-5-11-16(15)19-17/h1-5,8-11,19H,6-7,12-13H2. The van der Waals surface area contributed by atoms with Gasteiger partial charge in [0.1, 0.15) is 5.69 Å². The normalized spacial score (nSPS) is 15.2. The first-order chi connectivity index (χ1) is 10.9. The highest BCUT2D eigenvalue weighted by atomic mass is 15.5. The highest BCUT2D eigenvalue weighted by molar-refractivity contribution is 5.99. The molecule has 0 radical (unpaired) electrons. The summed E-state index contributed by atoms with van der Waals surface area (Å²) in [6, 6.07) is 18.6. The fraction of sp³-hybridized carbons (Fsp3) is 0.222. The Bertz CT molecular complexity index is 798. The Morgan fingerprint density at radius 2 is 1.59 bits per heavy atom. The first kappa shape index (κ1) is 13.1. The van der Waals surface area contributed by atoms with Crippen molar-refractivity contribution in [3.05, 3.63) is 54.6 Å². The molecule has 0 unspecified atom stereocenters. The Labute approximate surface area is 129 Å². The van der Waals surface area contributed by atoms with E-state index < -0.39 is 0 Å². The number of hydrogen-bond acceptors (Lipinski definition) is 2. The summed E-state index contributed by atoms with van der Waals surface area (Å²) in [7, 11) is 0. The first-order valence-electron chi connectivity index (χ1n) is 7.74. The maximum Gasteiger partial charge on any atom is 0.121 e. The highest BCUT2D eigenvalue weighted by Gasteiger charge is 2.14. The van der Waals surface area contributed by atoms with Crippen LogP contribution in [0.3, 0.4) is 0 Å². The number of aromatic nitrogens is 1. The number of nitrogens with one attached hydrogen (secondary N) is 1. The number of nitrogens with zero attached hydrogens (tertiary/aromatic N) is 3. The van der Waals surface area contributed by atoms with Crippen LogP contribution in [0, 0.1) is 0 Å². The Hall–Kier alpha value is -2.62. The average Bonchev–Trinajstić information content (AvgIpc) is 3.21. The predicted molar refractivity (Wildman–Crippen MR) is 89.1 cm³/mol. The van der Waals surface area contributed by atoms with Gasteiger partial charge in [-0.25, -0.2) is 0 Å². The van der Waals surface area contributed by atoms with Gasteiger partial charge in [-0.2, -0.15) is 0 Å². The molecule has 1 aromatic heterocycles. The number of para-hydroxylation sites is 1. The smallest absolute Gasteiger partial charge is 0.121 e. The Morgan fingerprint density at radius 1 is 0.864 bits per heavy atom. The Kier molecular flexibility index (Phi) is 3.35. The quantitative estimate of drug-likeness (QED) is 0.683. The molecule has 0 spiro atoms. The summed E-state index contributed by atoms with van der Waals surface area (Å²) in [5, 5.41) is 12.2. The van der Waals surface area contributed by atoms with Crippen molar-refractivity contribution in [2.45, 2.75) is 12.8 Å². The predicted octanol–water partition coefficient (Wildman–Crippen LogP) is 4.93. The molecule has 1 fully saturated rings. The zero-order valence-corrected chi connectivity index (χ0v) is 12.4. The third-order valence-electron chi connectivity index (χ3n) is 4.09. The number of H-pyrrole nitrogens is 1. The van der Waals surface area contributed by atoms with Crippen LogP contribution in [0.2, 0.25) is 0 Å². The molecule has 0 atom stereocenters. The number of hydrogen-bond donors (Lipinski definition) is 1. The van der Waals surface area contributed by atoms with Gasteiger partial charge in [0.25, 0.3) is 0 Å². The van der Waals surface area contributed by atoms with E-state index in [1.54, 1.807) is 0 Å². The molecule has 1 saturated heterocycles. The minimum absolute atomic E-state index is 0.925. The molecule has 1 aliphatic rings. The molecule has 0 amide bonds. The van der Waals surface area contributed by atoms with Crippen molar-refractivity contribution in [1.82, 2.24) is 9.99 Å². The van der Waals surface area contributed by atoms with Crippen LogP contribution in [0.25, 0.3) is 22.2 Å². The van der Waals surface area contributed by atoms with Gasteiger partial charge in [0.15, 0.2) is 0 Å². The van der Waals surface area contributed by atoms with E-state index in [4.69, 9.17) is 0 Å². The minimum Gasteiger partial charge on any atom is -0.353 e. The fourth-order valence-corrected chi connectivity index (χ4v) is 2.94. The van der Waals surface area contributed by atoms with E-state index in [2.05, 4.69) is 44.6 Å². The summed E-state index contributed by atoms with van der Waals surface area (Å²) in [6.07, 6.45) is 2.41. The first-order valence-corrected chi connectivity index (χ1v) is 7.74. The van der Waals surface area contributed by atoms with Crippen LogP contribution in [0.4, 0.5) is 5.69 Å². The van der Waals surface area contributed by atoms with Crippen molar-refractivity contribution < 1.29 is 0 Å². The van der Waals surface area contributed by atoms with Crippen molar-refractivity contribution in [2.75, 3.05) is 13.1 Å². The highest BCUT2D eigenvalue weighted by Crippen LogP contribution is 2.37. The molecular weight excluding hydrogens is 272 g/mol. The van der Waals surface area contributed by atoms with Crippen molar-refractivity contribution in [3.63, 3.8) is 0 Å². The lowest BCUT2D eigenvalue weighted by Crippen LogP contribution is -2.09. The summed E-state index contributed by atoms with van der Waals surface area (Å²) in [5.74, 6) is 0. The molecule has 0 aliphatic carbocycles. The largest absolute Gasteiger partial charge is 0.353 e. The van der Waals surface area contributed by atoms with Gasteiger partial charge in [-0.3, -0.25) is 5.01 Å². The van der Waals surface area contributed by atoms with E-state index in [0.717, 1.165) is 40.9 Å². The summed E-state index contributed by atoms with van der Waals surface area (Å²) >= 11 is 0. The number of benzene rings is 2. The lowest BCUT2D eigenvalue weighted by Gasteiger charge is -2.07. The maximum atomic E-state index is 4.57. The second kappa shape index (κ2) is 5.64. The monoisotopic (exact) mass is 290 g/mol. The van der Waals surface area contributed by atoms with Crippen LogP contribution in [0.1, 0.15) is 12.8 Å². The summed E-state index contributed by atoms with van der Waals surface area (Å²) in [4.78, 5) is 3.48. The topological polar surface area (TPSA) is 43.8 Å². The zero-order chi connectivity index (χ0) is 14.8. The van der Waals surface area contributed by atoms with Crippen LogP contribution in [-0.2, 0) is 0 Å². The molecule has 110 valence electrons. The van der Waals surface area contributed by atoms with Gasteiger partial charge >= 0.3 is 0 Å². The Balaban J connectivity index is 1.83. The van der Waals surface area contributed by atoms with E-state index >= 15 is 0 Å². The lowest BCUT2D eigenvalue weighted by molar-refractivity contribution is 0.337. The molecule has 0 bridgehead atoms. The summed E-state index contributed by atoms with van der Waals surface area (Å²) in [5.41, 5.74) is 4.18. The molecule has 3 aromatic rings. The molecule has 0 saturated carbocycles. The van der Waals surface area contributed by atoms with Crippen LogP contribution < -0.4 is 0 Å². The van der Waals surface area contributed by atoms with Gasteiger partial charge in [-0.1, -0.05) is 53.8 Å². The van der Waals surface area contributed by atoms with Crippen LogP contribution >= 0.6 is 0 Å². The number of rotatable bonds is 3. The fourth-order valence-electron chi connectivity index (χ4n) is 2.94. The second-order valence-electron chi connectivity index (χ2n) is 5.61. The SMILES string of the molecule is c1ccc(-c2[nH]c3ccccc3c2N=NN2CCCC2)cc1. The molecule has 2 heterocycles. The van der Waals surface area contributed by atoms with Gasteiger partial charge in [0, 0.05) is 29.6 Å². The van der Waals surface area contributed by atoms with Crippen LogP contribution in [0.15, 0.2) is 64.9 Å². The number of fused-ring (bicyclic) bond motifs is 1. The zero-order valence-electron chi connectivity index (χ0n) is 12.4. The maximum absolute atomic E-state index is 4.57. The van der Waals surface area contributed by atoms with Crippen molar-refractivity contribution in [1.29, 1.82) is 0 Å². The average molecular weight is 290 g/mol. The minimum atomic E-state index is 0.925. The van der Waals surface area contributed by atoms with Crippen molar-refractivity contribution in [3.8, 4) is 11.3 Å². The van der Waals surface area contributed by atoms with Gasteiger partial charge in [-0.05, 0) is 18.9 Å². The second-order valence-corrected chi connectivity index (χ2v) is 5.61. The third-order valence-corrected chi connectivity index (χ3v) is 4.09. The molecule has 1 aliphatic heterocycles. The Morgan fingerprint density at radius 3 is 2.41 bits per heavy atom. The van der Waals surface area contributed by atoms with E-state index in [9.17, 15) is 0 Å². The molecule has 22 heavy (non-hydrogen) atoms. The molecule has 4 heteroatoms. The number of aromatic amines is 1. The van der Waals surface area contributed by atoms with Crippen molar-refractivity contribution in [2.24, 2.45) is 10.3 Å². The molecule has 4 nitrogen and oxygen atoms in total. The van der Waals surface area contributed by atoms with Crippen LogP contribution in [-0.4, -0.2) is 23.1 Å². The van der Waals surface area contributed by atoms with E-state index in [0.29, 0.717) is 0 Å². The molecule has 2 aromatic carbocycles. The van der Waals surface area contributed by atoms with E-state index in [1.165, 1.54) is 12.8 Å². The molecule has 4 rings (SSSR count). The van der Waals surface area contributed by atoms with E-state index in [-0.39, 0.29) is 0 Å². The molecule has 1 N–H and O–H groups in total. The van der Waals surface area contributed by atoms with Crippen LogP contribution in [0.5, 0.6) is 0 Å². The van der Waals surface area contributed by atoms with Gasteiger partial charge < -0.3 is 4.98 Å². The summed E-state index contributed by atoms with van der Waals surface area (Å²) in [6.45, 7) is 2.01. The van der Waals surface area contributed by atoms with E-state index in [1.807, 2.05) is 30.3 Å². The van der Waals surface area contributed by atoms with Gasteiger partial charge in [0.2, 0.25) is 0 Å². The van der Waals surface area contributed by atoms with Crippen molar-refractivity contribution >= 4 is 16.6 Å². The third kappa shape index (κ3) is 2.37. The molecular formula is C18H18N4.